The molecule has 0 aliphatic rings. The van der Waals surface area contributed by atoms with Crippen LogP contribution in [0.4, 0.5) is 0 Å². The molecule has 3 rings (SSSR count). The summed E-state index contributed by atoms with van der Waals surface area (Å²) in [6.45, 7) is 0. The molecule has 25 heavy (non-hydrogen) atoms. The molecule has 0 aliphatic carbocycles. The number of hydrogen-bond acceptors (Lipinski definition) is 2. The van der Waals surface area contributed by atoms with Crippen LogP contribution in [0.15, 0.2) is 91.0 Å². The lowest BCUT2D eigenvalue weighted by atomic mass is 9.70. The van der Waals surface area contributed by atoms with E-state index in [2.05, 4.69) is 11.8 Å². The van der Waals surface area contributed by atoms with Crippen LogP contribution < -0.4 is 0 Å². The molecule has 3 aromatic carbocycles. The Bertz CT molecular complexity index is 792. The Balaban J connectivity index is 2.35. The molecule has 3 aromatic rings. The topological polar surface area (TPSA) is 26.3 Å². The van der Waals surface area contributed by atoms with Crippen molar-refractivity contribution in [2.75, 3.05) is 7.11 Å². The molecule has 0 fully saturated rings. The molecule has 0 unspecified atom stereocenters. The van der Waals surface area contributed by atoms with Gasteiger partial charge in [0, 0.05) is 5.92 Å². The van der Waals surface area contributed by atoms with Gasteiger partial charge in [0.2, 0.25) is 0 Å². The van der Waals surface area contributed by atoms with Crippen LogP contribution in [0.2, 0.25) is 0 Å². The fourth-order valence-electron chi connectivity index (χ4n) is 2.98. The fourth-order valence-corrected chi connectivity index (χ4v) is 2.98. The zero-order valence-electron chi connectivity index (χ0n) is 14.0. The number of methoxy groups -OCH3 is 1. The molecule has 122 valence electrons. The van der Waals surface area contributed by atoms with Gasteiger partial charge in [0.25, 0.3) is 0 Å². The highest BCUT2D eigenvalue weighted by molar-refractivity contribution is 5.89. The predicted molar refractivity (Wildman–Crippen MR) is 99.0 cm³/mol. The Labute approximate surface area is 148 Å². The first-order valence-electron chi connectivity index (χ1n) is 8.05. The predicted octanol–water partition coefficient (Wildman–Crippen LogP) is 4.20. The minimum absolute atomic E-state index is 0.549. The number of benzene rings is 3. The summed E-state index contributed by atoms with van der Waals surface area (Å²) in [5, 5.41) is 0. The van der Waals surface area contributed by atoms with Gasteiger partial charge in [-0.2, -0.15) is 0 Å². The van der Waals surface area contributed by atoms with Crippen LogP contribution in [0.3, 0.4) is 0 Å². The SMILES string of the molecule is COC(=O)C#CC(c1ccccc1)(c1ccccc1)c1ccccc1. The summed E-state index contributed by atoms with van der Waals surface area (Å²) in [4.78, 5) is 11.8. The molecule has 0 heterocycles. The third-order valence-electron chi connectivity index (χ3n) is 4.16. The summed E-state index contributed by atoms with van der Waals surface area (Å²) in [5.74, 6) is 5.32. The van der Waals surface area contributed by atoms with Crippen LogP contribution in [0.5, 0.6) is 0 Å². The molecule has 0 amide bonds. The summed E-state index contributed by atoms with van der Waals surface area (Å²) in [5.41, 5.74) is 2.26. The van der Waals surface area contributed by atoms with E-state index in [-0.39, 0.29) is 0 Å². The van der Waals surface area contributed by atoms with E-state index in [0.717, 1.165) is 16.7 Å². The van der Waals surface area contributed by atoms with E-state index in [1.165, 1.54) is 7.11 Å². The number of rotatable bonds is 3. The van der Waals surface area contributed by atoms with Gasteiger partial charge < -0.3 is 4.74 Å². The molecule has 0 bridgehead atoms. The standard InChI is InChI=1S/C23H18O2/c1-25-22(24)17-18-23(19-11-5-2-6-12-19,20-13-7-3-8-14-20)21-15-9-4-10-16-21/h2-16H,1H3. The van der Waals surface area contributed by atoms with Crippen LogP contribution in [0.25, 0.3) is 0 Å². The van der Waals surface area contributed by atoms with Gasteiger partial charge in [-0.25, -0.2) is 4.79 Å². The Morgan fingerprint density at radius 3 is 1.40 bits per heavy atom. The molecule has 0 saturated heterocycles. The Hall–Kier alpha value is -3.31. The largest absolute Gasteiger partial charge is 0.459 e. The molecule has 2 nitrogen and oxygen atoms in total. The van der Waals surface area contributed by atoms with Crippen molar-refractivity contribution in [3.8, 4) is 11.8 Å². The summed E-state index contributed by atoms with van der Waals surface area (Å²) >= 11 is 0. The van der Waals surface area contributed by atoms with Gasteiger partial charge in [-0.05, 0) is 16.7 Å². The second-order valence-corrected chi connectivity index (χ2v) is 5.59. The van der Waals surface area contributed by atoms with Gasteiger partial charge in [0.1, 0.15) is 5.41 Å². The lowest BCUT2D eigenvalue weighted by Gasteiger charge is -2.30. The Kier molecular flexibility index (Phi) is 4.97. The Morgan fingerprint density at radius 2 is 1.08 bits per heavy atom. The smallest absolute Gasteiger partial charge is 0.384 e. The van der Waals surface area contributed by atoms with E-state index in [1.54, 1.807) is 0 Å². The number of carbonyl (C=O) groups is 1. The lowest BCUT2D eigenvalue weighted by Crippen LogP contribution is -2.28. The van der Waals surface area contributed by atoms with Crippen molar-refractivity contribution < 1.29 is 9.53 Å². The highest BCUT2D eigenvalue weighted by Gasteiger charge is 2.34. The van der Waals surface area contributed by atoms with Gasteiger partial charge in [0.05, 0.1) is 7.11 Å². The molecule has 0 spiro atoms. The summed E-state index contributed by atoms with van der Waals surface area (Å²) < 4.78 is 4.74. The second-order valence-electron chi connectivity index (χ2n) is 5.59. The minimum Gasteiger partial charge on any atom is -0.459 e. The second kappa shape index (κ2) is 7.51. The first-order valence-corrected chi connectivity index (χ1v) is 8.05. The van der Waals surface area contributed by atoms with Crippen molar-refractivity contribution >= 4 is 5.97 Å². The van der Waals surface area contributed by atoms with Crippen molar-refractivity contribution in [2.45, 2.75) is 5.41 Å². The molecule has 0 N–H and O–H groups in total. The average molecular weight is 326 g/mol. The Morgan fingerprint density at radius 1 is 0.720 bits per heavy atom. The third kappa shape index (κ3) is 3.32. The quantitative estimate of drug-likeness (QED) is 0.312. The fraction of sp³-hybridized carbons (Fsp3) is 0.0870. The van der Waals surface area contributed by atoms with Crippen molar-refractivity contribution in [3.05, 3.63) is 108 Å². The van der Waals surface area contributed by atoms with Crippen molar-refractivity contribution in [3.63, 3.8) is 0 Å². The highest BCUT2D eigenvalue weighted by Crippen LogP contribution is 2.38. The van der Waals surface area contributed by atoms with Crippen LogP contribution in [0.1, 0.15) is 16.7 Å². The number of hydrogen-bond donors (Lipinski definition) is 0. The van der Waals surface area contributed by atoms with E-state index in [9.17, 15) is 4.79 Å². The maximum atomic E-state index is 11.8. The highest BCUT2D eigenvalue weighted by atomic mass is 16.5. The van der Waals surface area contributed by atoms with Crippen LogP contribution >= 0.6 is 0 Å². The molecule has 2 heteroatoms. The summed E-state index contributed by atoms with van der Waals surface area (Å²) in [7, 11) is 1.34. The zero-order chi connectivity index (χ0) is 17.5. The maximum absolute atomic E-state index is 11.8. The number of ether oxygens (including phenoxy) is 1. The monoisotopic (exact) mass is 326 g/mol. The first-order chi connectivity index (χ1) is 12.3. The van der Waals surface area contributed by atoms with Crippen molar-refractivity contribution in [1.29, 1.82) is 0 Å². The maximum Gasteiger partial charge on any atom is 0.384 e. The van der Waals surface area contributed by atoms with E-state index < -0.39 is 11.4 Å². The minimum atomic E-state index is -0.752. The molecule has 0 aromatic heterocycles. The molecular formula is C23H18O2. The van der Waals surface area contributed by atoms with Gasteiger partial charge in [0.15, 0.2) is 0 Å². The molecule has 0 atom stereocenters. The third-order valence-corrected chi connectivity index (χ3v) is 4.16. The zero-order valence-corrected chi connectivity index (χ0v) is 14.0. The van der Waals surface area contributed by atoms with Crippen molar-refractivity contribution in [2.24, 2.45) is 0 Å². The van der Waals surface area contributed by atoms with Gasteiger partial charge in [-0.1, -0.05) is 96.9 Å². The summed E-state index contributed by atoms with van der Waals surface area (Å²) in [6.07, 6.45) is 0. The van der Waals surface area contributed by atoms with E-state index in [1.807, 2.05) is 91.0 Å². The van der Waals surface area contributed by atoms with E-state index in [0.29, 0.717) is 0 Å². The van der Waals surface area contributed by atoms with Crippen LogP contribution in [-0.4, -0.2) is 13.1 Å². The van der Waals surface area contributed by atoms with Crippen LogP contribution in [0, 0.1) is 11.8 Å². The van der Waals surface area contributed by atoms with Crippen LogP contribution in [-0.2, 0) is 14.9 Å². The summed E-state index contributed by atoms with van der Waals surface area (Å²) in [6, 6.07) is 30.0. The van der Waals surface area contributed by atoms with E-state index in [4.69, 9.17) is 4.74 Å². The first kappa shape index (κ1) is 16.5. The number of carbonyl (C=O) groups excluding carboxylic acids is 1. The number of esters is 1. The lowest BCUT2D eigenvalue weighted by molar-refractivity contribution is -0.133. The normalized spacial score (nSPS) is 10.4. The molecular weight excluding hydrogens is 308 g/mol. The van der Waals surface area contributed by atoms with E-state index >= 15 is 0 Å². The van der Waals surface area contributed by atoms with Crippen molar-refractivity contribution in [1.82, 2.24) is 0 Å². The van der Waals surface area contributed by atoms with Gasteiger partial charge in [-0.3, -0.25) is 0 Å². The molecule has 0 radical (unpaired) electrons. The molecule has 0 aliphatic heterocycles. The van der Waals surface area contributed by atoms with Gasteiger partial charge >= 0.3 is 5.97 Å². The molecule has 0 saturated carbocycles. The average Bonchev–Trinajstić information content (AvgIpc) is 2.71. The van der Waals surface area contributed by atoms with Gasteiger partial charge in [-0.15, -0.1) is 0 Å².